The van der Waals surface area contributed by atoms with Gasteiger partial charge in [-0.25, -0.2) is 4.79 Å². The molecule has 1 aromatic rings. The van der Waals surface area contributed by atoms with Gasteiger partial charge in [-0.05, 0) is 56.6 Å². The lowest BCUT2D eigenvalue weighted by molar-refractivity contribution is -0.167. The van der Waals surface area contributed by atoms with Crippen molar-refractivity contribution in [1.82, 2.24) is 0 Å². The molecule has 0 aromatic heterocycles. The lowest BCUT2D eigenvalue weighted by atomic mass is 9.78. The number of rotatable bonds is 7. The Bertz CT molecular complexity index is 569. The van der Waals surface area contributed by atoms with E-state index in [1.54, 1.807) is 13.8 Å². The maximum Gasteiger partial charge on any atom is 0.335 e. The highest BCUT2D eigenvalue weighted by Crippen LogP contribution is 2.31. The first-order chi connectivity index (χ1) is 11.6. The van der Waals surface area contributed by atoms with Crippen molar-refractivity contribution in [2.24, 2.45) is 11.8 Å². The number of aliphatic hydroxyl groups is 1. The number of carbonyl (C=O) groups is 2. The van der Waals surface area contributed by atoms with E-state index >= 15 is 0 Å². The molecule has 3 atom stereocenters. The fraction of sp³-hybridized carbons (Fsp3) is 0.579. The Balaban J connectivity index is 2.08. The van der Waals surface area contributed by atoms with Crippen LogP contribution in [-0.2, 0) is 31.9 Å². The van der Waals surface area contributed by atoms with E-state index < -0.39 is 24.0 Å². The Labute approximate surface area is 143 Å². The van der Waals surface area contributed by atoms with Gasteiger partial charge in [0.25, 0.3) is 0 Å². The molecule has 5 nitrogen and oxygen atoms in total. The summed E-state index contributed by atoms with van der Waals surface area (Å²) in [5.74, 6) is -1.93. The Morgan fingerprint density at radius 1 is 1.12 bits per heavy atom. The predicted octanol–water partition coefficient (Wildman–Crippen LogP) is 2.28. The van der Waals surface area contributed by atoms with Crippen molar-refractivity contribution in [3.63, 3.8) is 0 Å². The number of hydrogen-bond acceptors (Lipinski definition) is 5. The van der Waals surface area contributed by atoms with Crippen LogP contribution in [0.5, 0.6) is 0 Å². The van der Waals surface area contributed by atoms with Crippen LogP contribution in [0.15, 0.2) is 24.3 Å². The van der Waals surface area contributed by atoms with Crippen LogP contribution in [0.4, 0.5) is 0 Å². The molecule has 0 fully saturated rings. The van der Waals surface area contributed by atoms with E-state index in [1.807, 2.05) is 12.1 Å². The fourth-order valence-corrected chi connectivity index (χ4v) is 3.33. The summed E-state index contributed by atoms with van der Waals surface area (Å²) in [6.07, 6.45) is 1.68. The molecule has 0 aliphatic heterocycles. The SMILES string of the molecule is CCOC(=O)[C@@H](O)[C@@H](C[C@H]1CCc2ccccc2C1)C(=O)OCC. The summed E-state index contributed by atoms with van der Waals surface area (Å²) in [6.45, 7) is 3.77. The molecule has 24 heavy (non-hydrogen) atoms. The lowest BCUT2D eigenvalue weighted by Gasteiger charge is -2.28. The second-order valence-corrected chi connectivity index (χ2v) is 6.17. The number of ether oxygens (including phenoxy) is 2. The van der Waals surface area contributed by atoms with Crippen molar-refractivity contribution in [3.05, 3.63) is 35.4 Å². The number of fused-ring (bicyclic) bond motifs is 1. The van der Waals surface area contributed by atoms with Crippen molar-refractivity contribution in [2.45, 2.75) is 45.6 Å². The third kappa shape index (κ3) is 4.57. The molecule has 132 valence electrons. The zero-order chi connectivity index (χ0) is 17.5. The van der Waals surface area contributed by atoms with Gasteiger partial charge >= 0.3 is 11.9 Å². The minimum absolute atomic E-state index is 0.169. The molecule has 5 heteroatoms. The van der Waals surface area contributed by atoms with Crippen LogP contribution in [0.2, 0.25) is 0 Å². The summed E-state index contributed by atoms with van der Waals surface area (Å²) >= 11 is 0. The Morgan fingerprint density at radius 3 is 2.42 bits per heavy atom. The van der Waals surface area contributed by atoms with E-state index in [2.05, 4.69) is 12.1 Å². The van der Waals surface area contributed by atoms with Crippen molar-refractivity contribution in [1.29, 1.82) is 0 Å². The van der Waals surface area contributed by atoms with Gasteiger partial charge in [-0.2, -0.15) is 0 Å². The maximum atomic E-state index is 12.2. The summed E-state index contributed by atoms with van der Waals surface area (Å²) in [4.78, 5) is 24.1. The van der Waals surface area contributed by atoms with E-state index in [-0.39, 0.29) is 19.1 Å². The van der Waals surface area contributed by atoms with Crippen LogP contribution in [0.25, 0.3) is 0 Å². The molecule has 0 saturated heterocycles. The third-order valence-corrected chi connectivity index (χ3v) is 4.53. The highest BCUT2D eigenvalue weighted by atomic mass is 16.6. The van der Waals surface area contributed by atoms with Gasteiger partial charge in [0.1, 0.15) is 0 Å². The van der Waals surface area contributed by atoms with Crippen LogP contribution in [0.1, 0.15) is 37.8 Å². The van der Waals surface area contributed by atoms with E-state index in [0.29, 0.717) is 6.42 Å². The molecular formula is C19H26O5. The standard InChI is InChI=1S/C19H26O5/c1-3-23-18(21)16(17(20)19(22)24-4-2)12-13-9-10-14-7-5-6-8-15(14)11-13/h5-8,13,16-17,20H,3-4,9-12H2,1-2H3/t13-,16+,17-/m0/s1. The number of aliphatic hydroxyl groups excluding tert-OH is 1. The Morgan fingerprint density at radius 2 is 1.75 bits per heavy atom. The van der Waals surface area contributed by atoms with Crippen LogP contribution in [0, 0.1) is 11.8 Å². The Hall–Kier alpha value is -1.88. The highest BCUT2D eigenvalue weighted by molar-refractivity contribution is 5.83. The van der Waals surface area contributed by atoms with Crippen LogP contribution in [0.3, 0.4) is 0 Å². The van der Waals surface area contributed by atoms with Crippen molar-refractivity contribution >= 4 is 11.9 Å². The smallest absolute Gasteiger partial charge is 0.335 e. The molecule has 0 unspecified atom stereocenters. The van der Waals surface area contributed by atoms with Gasteiger partial charge in [-0.15, -0.1) is 0 Å². The Kier molecular flexibility index (Phi) is 6.79. The van der Waals surface area contributed by atoms with Crippen molar-refractivity contribution in [2.75, 3.05) is 13.2 Å². The molecule has 0 amide bonds. The molecule has 0 heterocycles. The minimum Gasteiger partial charge on any atom is -0.466 e. The topological polar surface area (TPSA) is 72.8 Å². The average Bonchev–Trinajstić information content (AvgIpc) is 2.59. The first-order valence-electron chi connectivity index (χ1n) is 8.64. The number of carbonyl (C=O) groups excluding carboxylic acids is 2. The zero-order valence-electron chi connectivity index (χ0n) is 14.4. The summed E-state index contributed by atoms with van der Waals surface area (Å²) in [5.41, 5.74) is 2.62. The lowest BCUT2D eigenvalue weighted by Crippen LogP contribution is -2.39. The van der Waals surface area contributed by atoms with E-state index in [0.717, 1.165) is 19.3 Å². The molecule has 1 N–H and O–H groups in total. The summed E-state index contributed by atoms with van der Waals surface area (Å²) in [6, 6.07) is 8.27. The van der Waals surface area contributed by atoms with Gasteiger partial charge < -0.3 is 14.6 Å². The molecule has 1 aliphatic rings. The normalized spacial score (nSPS) is 19.0. The van der Waals surface area contributed by atoms with Crippen molar-refractivity contribution in [3.8, 4) is 0 Å². The van der Waals surface area contributed by atoms with Gasteiger partial charge in [-0.3, -0.25) is 4.79 Å². The second kappa shape index (κ2) is 8.83. The number of aryl methyl sites for hydroxylation is 1. The van der Waals surface area contributed by atoms with Crippen LogP contribution >= 0.6 is 0 Å². The van der Waals surface area contributed by atoms with Crippen LogP contribution < -0.4 is 0 Å². The third-order valence-electron chi connectivity index (χ3n) is 4.53. The largest absolute Gasteiger partial charge is 0.466 e. The zero-order valence-corrected chi connectivity index (χ0v) is 14.4. The molecule has 1 aliphatic carbocycles. The van der Waals surface area contributed by atoms with Gasteiger partial charge in [0, 0.05) is 0 Å². The summed E-state index contributed by atoms with van der Waals surface area (Å²) in [5, 5.41) is 10.3. The van der Waals surface area contributed by atoms with E-state index in [4.69, 9.17) is 9.47 Å². The van der Waals surface area contributed by atoms with Gasteiger partial charge in [-0.1, -0.05) is 24.3 Å². The molecular weight excluding hydrogens is 308 g/mol. The predicted molar refractivity (Wildman–Crippen MR) is 89.3 cm³/mol. The van der Waals surface area contributed by atoms with Gasteiger partial charge in [0.05, 0.1) is 19.1 Å². The maximum absolute atomic E-state index is 12.2. The molecule has 0 bridgehead atoms. The first kappa shape index (κ1) is 18.5. The quantitative estimate of drug-likeness (QED) is 0.775. The van der Waals surface area contributed by atoms with Crippen LogP contribution in [-0.4, -0.2) is 36.4 Å². The summed E-state index contributed by atoms with van der Waals surface area (Å²) < 4.78 is 9.92. The van der Waals surface area contributed by atoms with Gasteiger partial charge in [0.15, 0.2) is 6.10 Å². The summed E-state index contributed by atoms with van der Waals surface area (Å²) in [7, 11) is 0. The minimum atomic E-state index is -1.47. The monoisotopic (exact) mass is 334 g/mol. The second-order valence-electron chi connectivity index (χ2n) is 6.17. The number of esters is 2. The van der Waals surface area contributed by atoms with Gasteiger partial charge in [0.2, 0.25) is 0 Å². The average molecular weight is 334 g/mol. The highest BCUT2D eigenvalue weighted by Gasteiger charge is 2.36. The first-order valence-corrected chi connectivity index (χ1v) is 8.64. The fourth-order valence-electron chi connectivity index (χ4n) is 3.33. The molecule has 2 rings (SSSR count). The number of hydrogen-bond donors (Lipinski definition) is 1. The van der Waals surface area contributed by atoms with E-state index in [9.17, 15) is 14.7 Å². The van der Waals surface area contributed by atoms with E-state index in [1.165, 1.54) is 11.1 Å². The molecule has 0 saturated carbocycles. The molecule has 1 aromatic carbocycles. The molecule has 0 spiro atoms. The van der Waals surface area contributed by atoms with Crippen molar-refractivity contribution < 1.29 is 24.2 Å². The number of benzene rings is 1. The molecule has 0 radical (unpaired) electrons.